The van der Waals surface area contributed by atoms with E-state index in [4.69, 9.17) is 27.0 Å². The summed E-state index contributed by atoms with van der Waals surface area (Å²) >= 11 is 6.38. The number of nitriles is 1. The number of thioether (sulfide) groups is 1. The molecule has 0 aromatic heterocycles. The lowest BCUT2D eigenvalue weighted by molar-refractivity contribution is -0.123. The van der Waals surface area contributed by atoms with Crippen molar-refractivity contribution in [3.8, 4) is 17.6 Å². The van der Waals surface area contributed by atoms with E-state index in [1.165, 1.54) is 16.8 Å². The molecular weight excluding hydrogens is 382 g/mol. The average molecular weight is 397 g/mol. The van der Waals surface area contributed by atoms with E-state index in [0.29, 0.717) is 27.1 Å². The van der Waals surface area contributed by atoms with Gasteiger partial charge in [0.15, 0.2) is 15.8 Å². The van der Waals surface area contributed by atoms with Gasteiger partial charge in [0.2, 0.25) is 0 Å². The van der Waals surface area contributed by atoms with Crippen molar-refractivity contribution in [1.29, 1.82) is 5.26 Å². The molecule has 1 aliphatic rings. The number of hydrogen-bond donors (Lipinski definition) is 0. The normalized spacial score (nSPS) is 13.9. The molecule has 3 rings (SSSR count). The van der Waals surface area contributed by atoms with Crippen molar-refractivity contribution >= 4 is 40.4 Å². The molecule has 1 aliphatic heterocycles. The number of ether oxygens (including phenoxy) is 2. The van der Waals surface area contributed by atoms with Gasteiger partial charge >= 0.3 is 0 Å². The molecule has 0 saturated carbocycles. The topological polar surface area (TPSA) is 74.9 Å². The van der Waals surface area contributed by atoms with Crippen molar-refractivity contribution in [3.05, 3.63) is 59.2 Å². The number of hydrazone groups is 1. The number of carbonyl (C=O) groups excluding carboxylic acids is 1. The van der Waals surface area contributed by atoms with Crippen molar-refractivity contribution in [2.75, 3.05) is 12.9 Å². The Morgan fingerprint density at radius 2 is 2.15 bits per heavy atom. The van der Waals surface area contributed by atoms with E-state index in [0.717, 1.165) is 11.1 Å². The van der Waals surface area contributed by atoms with Crippen LogP contribution < -0.4 is 9.47 Å². The van der Waals surface area contributed by atoms with E-state index in [1.54, 1.807) is 37.6 Å². The number of nitrogens with zero attached hydrogens (tertiary/aromatic N) is 3. The summed E-state index contributed by atoms with van der Waals surface area (Å²) in [7, 11) is 1.54. The summed E-state index contributed by atoms with van der Waals surface area (Å²) in [6, 6.07) is 14.7. The fourth-order valence-corrected chi connectivity index (χ4v) is 3.34. The molecule has 0 spiro atoms. The highest BCUT2D eigenvalue weighted by atomic mass is 32.2. The zero-order chi connectivity index (χ0) is 19.2. The maximum absolute atomic E-state index is 11.7. The summed E-state index contributed by atoms with van der Waals surface area (Å²) in [5, 5.41) is 14.5. The standard InChI is InChI=1S/C19H15N3O3S2/c1-24-17-8-13(10-21-22-18(23)12-27-19(22)26)6-7-16(17)25-11-15-5-3-2-4-14(15)9-20/h2-8,10H,11-12H2,1H3/b21-10-. The quantitative estimate of drug-likeness (QED) is 0.550. The average Bonchev–Trinajstić information content (AvgIpc) is 3.02. The maximum atomic E-state index is 11.7. The fourth-order valence-electron chi connectivity index (χ4n) is 2.38. The van der Waals surface area contributed by atoms with Gasteiger partial charge in [0.1, 0.15) is 6.61 Å². The largest absolute Gasteiger partial charge is 0.493 e. The molecule has 0 aliphatic carbocycles. The van der Waals surface area contributed by atoms with Crippen LogP contribution in [0.4, 0.5) is 0 Å². The minimum Gasteiger partial charge on any atom is -0.493 e. The third kappa shape index (κ3) is 4.45. The van der Waals surface area contributed by atoms with Gasteiger partial charge in [-0.2, -0.15) is 15.4 Å². The number of methoxy groups -OCH3 is 1. The molecule has 2 aromatic carbocycles. The number of thiocarbonyl (C=S) groups is 1. The number of carbonyl (C=O) groups is 1. The van der Waals surface area contributed by atoms with Crippen molar-refractivity contribution in [1.82, 2.24) is 5.01 Å². The van der Waals surface area contributed by atoms with Gasteiger partial charge in [-0.3, -0.25) is 4.79 Å². The summed E-state index contributed by atoms with van der Waals surface area (Å²) in [6.45, 7) is 0.251. The molecule has 0 unspecified atom stereocenters. The van der Waals surface area contributed by atoms with Crippen LogP contribution in [0.15, 0.2) is 47.6 Å². The Hall–Kier alpha value is -2.89. The second-order valence-electron chi connectivity index (χ2n) is 5.47. The molecule has 8 heteroatoms. The highest BCUT2D eigenvalue weighted by molar-refractivity contribution is 8.23. The maximum Gasteiger partial charge on any atom is 0.259 e. The van der Waals surface area contributed by atoms with E-state index in [1.807, 2.05) is 18.2 Å². The van der Waals surface area contributed by atoms with Crippen LogP contribution in [0, 0.1) is 11.3 Å². The monoisotopic (exact) mass is 397 g/mol. The number of hydrogen-bond acceptors (Lipinski definition) is 7. The summed E-state index contributed by atoms with van der Waals surface area (Å²) in [6.07, 6.45) is 1.55. The van der Waals surface area contributed by atoms with Crippen LogP contribution in [-0.4, -0.2) is 34.3 Å². The Labute approximate surface area is 166 Å². The van der Waals surface area contributed by atoms with E-state index >= 15 is 0 Å². The van der Waals surface area contributed by atoms with Gasteiger partial charge in [-0.1, -0.05) is 42.2 Å². The third-order valence-electron chi connectivity index (χ3n) is 3.76. The zero-order valence-electron chi connectivity index (χ0n) is 14.4. The molecule has 1 amide bonds. The highest BCUT2D eigenvalue weighted by Gasteiger charge is 2.25. The molecule has 0 radical (unpaired) electrons. The minimum absolute atomic E-state index is 0.135. The fraction of sp³-hybridized carbons (Fsp3) is 0.158. The van der Waals surface area contributed by atoms with Crippen LogP contribution in [0.1, 0.15) is 16.7 Å². The molecule has 1 fully saturated rings. The Kier molecular flexibility index (Phi) is 6.06. The number of benzene rings is 2. The first-order valence-electron chi connectivity index (χ1n) is 7.95. The summed E-state index contributed by atoms with van der Waals surface area (Å²) in [5.74, 6) is 1.25. The minimum atomic E-state index is -0.135. The third-order valence-corrected chi connectivity index (χ3v) is 5.10. The lowest BCUT2D eigenvalue weighted by Crippen LogP contribution is -2.22. The predicted molar refractivity (Wildman–Crippen MR) is 108 cm³/mol. The van der Waals surface area contributed by atoms with Crippen LogP contribution in [0.25, 0.3) is 0 Å². The van der Waals surface area contributed by atoms with E-state index in [9.17, 15) is 4.79 Å². The molecule has 27 heavy (non-hydrogen) atoms. The van der Waals surface area contributed by atoms with Gasteiger partial charge in [-0.15, -0.1) is 0 Å². The molecule has 1 heterocycles. The van der Waals surface area contributed by atoms with Crippen molar-refractivity contribution < 1.29 is 14.3 Å². The highest BCUT2D eigenvalue weighted by Crippen LogP contribution is 2.29. The number of rotatable bonds is 6. The van der Waals surface area contributed by atoms with E-state index in [2.05, 4.69) is 11.2 Å². The summed E-state index contributed by atoms with van der Waals surface area (Å²) in [5.41, 5.74) is 2.11. The van der Waals surface area contributed by atoms with Crippen molar-refractivity contribution in [3.63, 3.8) is 0 Å². The van der Waals surface area contributed by atoms with Gasteiger partial charge < -0.3 is 9.47 Å². The van der Waals surface area contributed by atoms with Crippen molar-refractivity contribution in [2.24, 2.45) is 5.10 Å². The molecule has 0 N–H and O–H groups in total. The predicted octanol–water partition coefficient (Wildman–Crippen LogP) is 3.34. The van der Waals surface area contributed by atoms with Crippen LogP contribution in [0.3, 0.4) is 0 Å². The van der Waals surface area contributed by atoms with Gasteiger partial charge in [0.25, 0.3) is 5.91 Å². The summed E-state index contributed by atoms with van der Waals surface area (Å²) in [4.78, 5) is 11.7. The zero-order valence-corrected chi connectivity index (χ0v) is 16.0. The molecule has 0 atom stereocenters. The Bertz CT molecular complexity index is 937. The molecule has 1 saturated heterocycles. The first-order valence-corrected chi connectivity index (χ1v) is 9.34. The Morgan fingerprint density at radius 1 is 1.33 bits per heavy atom. The first-order chi connectivity index (χ1) is 13.1. The lowest BCUT2D eigenvalue weighted by Gasteiger charge is -2.12. The molecule has 0 bridgehead atoms. The molecular formula is C19H15N3O3S2. The van der Waals surface area contributed by atoms with Crippen LogP contribution in [0.2, 0.25) is 0 Å². The summed E-state index contributed by atoms with van der Waals surface area (Å²) < 4.78 is 11.6. The second-order valence-corrected chi connectivity index (χ2v) is 7.08. The molecule has 136 valence electrons. The molecule has 2 aromatic rings. The first kappa shape index (κ1) is 18.9. The second kappa shape index (κ2) is 8.66. The number of amides is 1. The van der Waals surface area contributed by atoms with Crippen molar-refractivity contribution in [2.45, 2.75) is 6.61 Å². The van der Waals surface area contributed by atoms with E-state index < -0.39 is 0 Å². The SMILES string of the molecule is COc1cc(/C=N\N2C(=O)CSC2=S)ccc1OCc1ccccc1C#N. The van der Waals surface area contributed by atoms with Gasteiger partial charge in [0, 0.05) is 5.56 Å². The van der Waals surface area contributed by atoms with Gasteiger partial charge in [-0.05, 0) is 29.8 Å². The Balaban J connectivity index is 1.73. The smallest absolute Gasteiger partial charge is 0.259 e. The van der Waals surface area contributed by atoms with E-state index in [-0.39, 0.29) is 12.5 Å². The van der Waals surface area contributed by atoms with Crippen LogP contribution in [-0.2, 0) is 11.4 Å². The molecule has 6 nitrogen and oxygen atoms in total. The van der Waals surface area contributed by atoms with Crippen LogP contribution in [0.5, 0.6) is 11.5 Å². The Morgan fingerprint density at radius 3 is 2.85 bits per heavy atom. The van der Waals surface area contributed by atoms with Crippen LogP contribution >= 0.6 is 24.0 Å². The van der Waals surface area contributed by atoms with Gasteiger partial charge in [-0.25, -0.2) is 0 Å². The lowest BCUT2D eigenvalue weighted by atomic mass is 10.1. The van der Waals surface area contributed by atoms with Gasteiger partial charge in [0.05, 0.1) is 30.7 Å².